The van der Waals surface area contributed by atoms with Crippen molar-refractivity contribution in [3.63, 3.8) is 0 Å². The van der Waals surface area contributed by atoms with Crippen molar-refractivity contribution >= 4 is 27.5 Å². The largest absolute Gasteiger partial charge is 0.481 e. The minimum atomic E-state index is -3.36. The molecule has 0 atom stereocenters. The van der Waals surface area contributed by atoms with E-state index >= 15 is 0 Å². The fraction of sp³-hybridized carbons (Fsp3) is 0.385. The quantitative estimate of drug-likeness (QED) is 0.779. The van der Waals surface area contributed by atoms with E-state index in [9.17, 15) is 18.0 Å². The first-order chi connectivity index (χ1) is 9.01. The number of sulfonamides is 1. The average Bonchev–Trinajstić information content (AvgIpc) is 2.26. The smallest absolute Gasteiger partial charge is 0.309 e. The van der Waals surface area contributed by atoms with Crippen LogP contribution < -0.4 is 4.72 Å². The Morgan fingerprint density at radius 3 is 2.10 bits per heavy atom. The number of carbonyl (C=O) groups is 2. The Morgan fingerprint density at radius 2 is 1.70 bits per heavy atom. The third-order valence-electron chi connectivity index (χ3n) is 2.69. The number of hydrogen-bond acceptors (Lipinski definition) is 4. The van der Waals surface area contributed by atoms with Gasteiger partial charge in [0.1, 0.15) is 0 Å². The Balaban J connectivity index is 2.84. The van der Waals surface area contributed by atoms with Gasteiger partial charge in [-0.1, -0.05) is 0 Å². The molecule has 0 aliphatic carbocycles. The number of ketones is 1. The van der Waals surface area contributed by atoms with Crippen LogP contribution in [0.5, 0.6) is 0 Å². The van der Waals surface area contributed by atoms with Crippen LogP contribution in [-0.2, 0) is 14.8 Å². The third kappa shape index (κ3) is 4.65. The van der Waals surface area contributed by atoms with Crippen LogP contribution in [0, 0.1) is 5.41 Å². The Morgan fingerprint density at radius 1 is 1.20 bits per heavy atom. The van der Waals surface area contributed by atoms with Gasteiger partial charge in [0.25, 0.3) is 0 Å². The maximum Gasteiger partial charge on any atom is 0.309 e. The summed E-state index contributed by atoms with van der Waals surface area (Å²) in [6.45, 7) is 2.96. The lowest BCUT2D eigenvalue weighted by Crippen LogP contribution is -2.26. The summed E-state index contributed by atoms with van der Waals surface area (Å²) < 4.78 is 24.4. The molecular weight excluding hydrogens is 282 g/mol. The molecule has 0 amide bonds. The van der Waals surface area contributed by atoms with Gasteiger partial charge in [-0.05, 0) is 38.1 Å². The molecule has 20 heavy (non-hydrogen) atoms. The molecule has 1 aromatic carbocycles. The molecule has 0 bridgehead atoms. The molecule has 2 N–H and O–H groups in total. The fourth-order valence-electron chi connectivity index (χ4n) is 1.52. The van der Waals surface area contributed by atoms with Gasteiger partial charge in [0, 0.05) is 17.7 Å². The Hall–Kier alpha value is -1.89. The highest BCUT2D eigenvalue weighted by Crippen LogP contribution is 2.23. The highest BCUT2D eigenvalue weighted by Gasteiger charge is 2.30. The lowest BCUT2D eigenvalue weighted by atomic mass is 9.86. The molecule has 0 radical (unpaired) electrons. The van der Waals surface area contributed by atoms with Gasteiger partial charge in [0.05, 0.1) is 11.7 Å². The molecular formula is C13H17NO5S. The SMILES string of the molecule is CC(C)(CC(=O)c1ccc(NS(C)(=O)=O)cc1)C(=O)O. The third-order valence-corrected chi connectivity index (χ3v) is 3.30. The summed E-state index contributed by atoms with van der Waals surface area (Å²) in [5, 5.41) is 8.98. The van der Waals surface area contributed by atoms with Crippen LogP contribution in [0.25, 0.3) is 0 Å². The van der Waals surface area contributed by atoms with Crippen LogP contribution in [0.2, 0.25) is 0 Å². The number of carbonyl (C=O) groups excluding carboxylic acids is 1. The van der Waals surface area contributed by atoms with E-state index in [0.717, 1.165) is 6.26 Å². The lowest BCUT2D eigenvalue weighted by molar-refractivity contribution is -0.146. The van der Waals surface area contributed by atoms with E-state index in [2.05, 4.69) is 4.72 Å². The van der Waals surface area contributed by atoms with Crippen molar-refractivity contribution < 1.29 is 23.1 Å². The van der Waals surface area contributed by atoms with Gasteiger partial charge in [-0.15, -0.1) is 0 Å². The maximum atomic E-state index is 12.0. The number of rotatable bonds is 6. The van der Waals surface area contributed by atoms with E-state index in [0.29, 0.717) is 11.3 Å². The molecule has 0 aliphatic heterocycles. The molecule has 0 spiro atoms. The van der Waals surface area contributed by atoms with Crippen molar-refractivity contribution in [2.24, 2.45) is 5.41 Å². The van der Waals surface area contributed by atoms with E-state index < -0.39 is 21.4 Å². The van der Waals surface area contributed by atoms with Crippen LogP contribution >= 0.6 is 0 Å². The molecule has 0 heterocycles. The second-order valence-corrected chi connectivity index (χ2v) is 6.99. The van der Waals surface area contributed by atoms with E-state index in [4.69, 9.17) is 5.11 Å². The van der Waals surface area contributed by atoms with E-state index in [1.54, 1.807) is 0 Å². The summed E-state index contributed by atoms with van der Waals surface area (Å²) in [5.41, 5.74) is -0.444. The minimum absolute atomic E-state index is 0.124. The van der Waals surface area contributed by atoms with Gasteiger partial charge in [-0.3, -0.25) is 14.3 Å². The molecule has 0 saturated carbocycles. The van der Waals surface area contributed by atoms with Gasteiger partial charge in [-0.25, -0.2) is 8.42 Å². The normalized spacial score (nSPS) is 11.9. The van der Waals surface area contributed by atoms with Crippen LogP contribution in [0.15, 0.2) is 24.3 Å². The number of nitrogens with one attached hydrogen (secondary N) is 1. The van der Waals surface area contributed by atoms with E-state index in [-0.39, 0.29) is 12.2 Å². The van der Waals surface area contributed by atoms with Gasteiger partial charge in [0.2, 0.25) is 10.0 Å². The molecule has 0 unspecified atom stereocenters. The second kappa shape index (κ2) is 5.62. The molecule has 110 valence electrons. The Labute approximate surface area is 117 Å². The number of carboxylic acid groups (broad SMARTS) is 1. The van der Waals surface area contributed by atoms with Crippen LogP contribution in [-0.4, -0.2) is 31.5 Å². The van der Waals surface area contributed by atoms with Crippen LogP contribution in [0.3, 0.4) is 0 Å². The van der Waals surface area contributed by atoms with Gasteiger partial charge in [0.15, 0.2) is 5.78 Å². The van der Waals surface area contributed by atoms with Crippen LogP contribution in [0.1, 0.15) is 30.6 Å². The molecule has 0 aromatic heterocycles. The highest BCUT2D eigenvalue weighted by molar-refractivity contribution is 7.92. The predicted octanol–water partition coefficient (Wildman–Crippen LogP) is 1.74. The van der Waals surface area contributed by atoms with Gasteiger partial charge < -0.3 is 5.11 Å². The first kappa shape index (κ1) is 16.2. The van der Waals surface area contributed by atoms with Gasteiger partial charge >= 0.3 is 5.97 Å². The maximum absolute atomic E-state index is 12.0. The monoisotopic (exact) mass is 299 g/mol. The van der Waals surface area contributed by atoms with Crippen molar-refractivity contribution in [1.82, 2.24) is 0 Å². The van der Waals surface area contributed by atoms with E-state index in [1.807, 2.05) is 0 Å². The zero-order valence-corrected chi connectivity index (χ0v) is 12.3. The predicted molar refractivity (Wildman–Crippen MR) is 75.3 cm³/mol. The van der Waals surface area contributed by atoms with Crippen molar-refractivity contribution in [2.75, 3.05) is 11.0 Å². The number of benzene rings is 1. The fourth-order valence-corrected chi connectivity index (χ4v) is 2.08. The summed E-state index contributed by atoms with van der Waals surface area (Å²) in [4.78, 5) is 22.9. The summed E-state index contributed by atoms with van der Waals surface area (Å²) in [6, 6.07) is 5.85. The summed E-state index contributed by atoms with van der Waals surface area (Å²) in [5.74, 6) is -1.34. The number of Topliss-reactive ketones (excluding diaryl/α,β-unsaturated/α-hetero) is 1. The highest BCUT2D eigenvalue weighted by atomic mass is 32.2. The first-order valence-corrected chi connectivity index (χ1v) is 7.75. The number of hydrogen-bond donors (Lipinski definition) is 2. The molecule has 0 aliphatic rings. The van der Waals surface area contributed by atoms with Crippen molar-refractivity contribution in [2.45, 2.75) is 20.3 Å². The van der Waals surface area contributed by atoms with Crippen molar-refractivity contribution in [3.8, 4) is 0 Å². The first-order valence-electron chi connectivity index (χ1n) is 5.86. The van der Waals surface area contributed by atoms with Crippen LogP contribution in [0.4, 0.5) is 5.69 Å². The van der Waals surface area contributed by atoms with Crippen molar-refractivity contribution in [3.05, 3.63) is 29.8 Å². The van der Waals surface area contributed by atoms with Gasteiger partial charge in [-0.2, -0.15) is 0 Å². The number of aliphatic carboxylic acids is 1. The second-order valence-electron chi connectivity index (χ2n) is 5.24. The zero-order valence-electron chi connectivity index (χ0n) is 11.5. The Kier molecular flexibility index (Phi) is 4.54. The average molecular weight is 299 g/mol. The lowest BCUT2D eigenvalue weighted by Gasteiger charge is -2.17. The topological polar surface area (TPSA) is 101 Å². The molecule has 7 heteroatoms. The van der Waals surface area contributed by atoms with E-state index in [1.165, 1.54) is 38.1 Å². The number of anilines is 1. The summed E-state index contributed by atoms with van der Waals surface area (Å²) in [6.07, 6.45) is 0.905. The molecule has 1 rings (SSSR count). The summed E-state index contributed by atoms with van der Waals surface area (Å²) in [7, 11) is -3.36. The molecule has 0 saturated heterocycles. The zero-order chi connectivity index (χ0) is 15.6. The standard InChI is InChI=1S/C13H17NO5S/c1-13(2,12(16)17)8-11(15)9-4-6-10(7-5-9)14-20(3,18)19/h4-7,14H,8H2,1-3H3,(H,16,17). The molecule has 0 fully saturated rings. The molecule has 6 nitrogen and oxygen atoms in total. The summed E-state index contributed by atoms with van der Waals surface area (Å²) >= 11 is 0. The number of carboxylic acids is 1. The van der Waals surface area contributed by atoms with Crippen molar-refractivity contribution in [1.29, 1.82) is 0 Å². The minimum Gasteiger partial charge on any atom is -0.481 e. The molecule has 1 aromatic rings. The Bertz CT molecular complexity index is 617.